The van der Waals surface area contributed by atoms with E-state index in [1.54, 1.807) is 12.2 Å². The lowest BCUT2D eigenvalue weighted by Gasteiger charge is -2.18. The number of carbonyl (C=O) groups excluding carboxylic acids is 3. The highest BCUT2D eigenvalue weighted by atomic mass is 31.2. The van der Waals surface area contributed by atoms with E-state index in [1.807, 2.05) is 6.08 Å². The number of hydrogen-bond acceptors (Lipinski definition) is 7. The number of phosphoric acid groups is 1. The van der Waals surface area contributed by atoms with Crippen LogP contribution in [0.3, 0.4) is 0 Å². The van der Waals surface area contributed by atoms with Crippen LogP contribution in [0.2, 0.25) is 0 Å². The first-order valence-electron chi connectivity index (χ1n) is 20.2. The number of ketones is 1. The number of allylic oxidation sites excluding steroid dienone is 12. The summed E-state index contributed by atoms with van der Waals surface area (Å²) in [6.07, 6.45) is 44.4. The molecule has 302 valence electrons. The summed E-state index contributed by atoms with van der Waals surface area (Å²) in [5, 5.41) is 0. The minimum atomic E-state index is -4.79. The topological polar surface area (TPSA) is 136 Å². The van der Waals surface area contributed by atoms with Crippen molar-refractivity contribution in [2.75, 3.05) is 13.2 Å². The van der Waals surface area contributed by atoms with Crippen LogP contribution >= 0.6 is 7.82 Å². The summed E-state index contributed by atoms with van der Waals surface area (Å²) in [6.45, 7) is 3.46. The van der Waals surface area contributed by atoms with Gasteiger partial charge in [0.1, 0.15) is 6.61 Å². The minimum absolute atomic E-state index is 0.114. The molecule has 0 saturated carbocycles. The average Bonchev–Trinajstić information content (AvgIpc) is 3.12. The van der Waals surface area contributed by atoms with Gasteiger partial charge in [0.25, 0.3) is 0 Å². The van der Waals surface area contributed by atoms with Gasteiger partial charge in [-0.15, -0.1) is 0 Å². The number of hydrogen-bond donors (Lipinski definition) is 2. The van der Waals surface area contributed by atoms with Gasteiger partial charge in [-0.2, -0.15) is 0 Å². The molecule has 0 amide bonds. The van der Waals surface area contributed by atoms with E-state index in [4.69, 9.17) is 19.3 Å². The van der Waals surface area contributed by atoms with Crippen LogP contribution in [0, 0.1) is 0 Å². The summed E-state index contributed by atoms with van der Waals surface area (Å²) in [6, 6.07) is 0. The molecule has 0 aromatic carbocycles. The van der Waals surface area contributed by atoms with Crippen LogP contribution in [0.15, 0.2) is 72.9 Å². The fourth-order valence-electron chi connectivity index (χ4n) is 5.10. The number of rotatable bonds is 36. The molecule has 0 spiro atoms. The number of unbranched alkanes of at least 4 members (excludes halogenated alkanes) is 13. The van der Waals surface area contributed by atoms with Crippen molar-refractivity contribution in [2.24, 2.45) is 0 Å². The molecule has 0 fully saturated rings. The van der Waals surface area contributed by atoms with Crippen LogP contribution in [0.5, 0.6) is 0 Å². The lowest BCUT2D eigenvalue weighted by atomic mass is 10.1. The van der Waals surface area contributed by atoms with E-state index < -0.39 is 32.5 Å². The molecule has 53 heavy (non-hydrogen) atoms. The highest BCUT2D eigenvalue weighted by Crippen LogP contribution is 2.36. The van der Waals surface area contributed by atoms with Crippen molar-refractivity contribution < 1.29 is 42.7 Å². The van der Waals surface area contributed by atoms with E-state index in [0.717, 1.165) is 70.6 Å². The smallest absolute Gasteiger partial charge is 0.462 e. The van der Waals surface area contributed by atoms with Crippen LogP contribution in [0.25, 0.3) is 0 Å². The maximum Gasteiger partial charge on any atom is 0.469 e. The molecule has 0 saturated heterocycles. The molecule has 1 atom stereocenters. The van der Waals surface area contributed by atoms with E-state index in [9.17, 15) is 18.9 Å². The first-order valence-corrected chi connectivity index (χ1v) is 21.7. The molecule has 0 unspecified atom stereocenters. The quantitative estimate of drug-likeness (QED) is 0.0160. The van der Waals surface area contributed by atoms with Crippen LogP contribution < -0.4 is 0 Å². The summed E-state index contributed by atoms with van der Waals surface area (Å²) in [7, 11) is -4.79. The number of esters is 2. The summed E-state index contributed by atoms with van der Waals surface area (Å²) in [5.74, 6) is -0.906. The van der Waals surface area contributed by atoms with Gasteiger partial charge in [-0.05, 0) is 83.1 Å². The Labute approximate surface area is 321 Å². The molecule has 0 aromatic heterocycles. The monoisotopic (exact) mass is 762 g/mol. The molecule has 0 radical (unpaired) electrons. The van der Waals surface area contributed by atoms with E-state index in [0.29, 0.717) is 19.3 Å². The zero-order valence-corrected chi connectivity index (χ0v) is 33.8. The number of ether oxygens (including phenoxy) is 2. The molecule has 2 N–H and O–H groups in total. The second-order valence-corrected chi connectivity index (χ2v) is 14.5. The van der Waals surface area contributed by atoms with Gasteiger partial charge in [0.05, 0.1) is 6.61 Å². The molecule has 0 rings (SSSR count). The first-order chi connectivity index (χ1) is 25.7. The van der Waals surface area contributed by atoms with Gasteiger partial charge in [-0.1, -0.05) is 132 Å². The van der Waals surface area contributed by atoms with Gasteiger partial charge in [0, 0.05) is 19.3 Å². The van der Waals surface area contributed by atoms with Crippen molar-refractivity contribution in [3.05, 3.63) is 72.9 Å². The molecular formula is C43H71O9P. The Kier molecular flexibility index (Phi) is 35.5. The van der Waals surface area contributed by atoms with Gasteiger partial charge < -0.3 is 19.3 Å². The lowest BCUT2D eigenvalue weighted by Crippen LogP contribution is -2.29. The van der Waals surface area contributed by atoms with Gasteiger partial charge in [0.15, 0.2) is 11.9 Å². The fraction of sp³-hybridized carbons (Fsp3) is 0.651. The van der Waals surface area contributed by atoms with E-state index >= 15 is 0 Å². The molecular weight excluding hydrogens is 691 g/mol. The molecule has 0 aromatic rings. The Bertz CT molecular complexity index is 1150. The third-order valence-electron chi connectivity index (χ3n) is 8.17. The molecule has 0 heterocycles. The van der Waals surface area contributed by atoms with Crippen LogP contribution in [0.1, 0.15) is 162 Å². The van der Waals surface area contributed by atoms with Crippen LogP contribution in [0.4, 0.5) is 0 Å². The first kappa shape index (κ1) is 50.2. The normalized spacial score (nSPS) is 13.1. The minimum Gasteiger partial charge on any atom is -0.462 e. The van der Waals surface area contributed by atoms with Gasteiger partial charge >= 0.3 is 19.8 Å². The summed E-state index contributed by atoms with van der Waals surface area (Å²) < 4.78 is 26.3. The van der Waals surface area contributed by atoms with Crippen molar-refractivity contribution in [3.63, 3.8) is 0 Å². The van der Waals surface area contributed by atoms with Gasteiger partial charge in [-0.25, -0.2) is 4.57 Å². The zero-order chi connectivity index (χ0) is 39.1. The molecule has 9 nitrogen and oxygen atoms in total. The maximum absolute atomic E-state index is 12.4. The molecule has 10 heteroatoms. The highest BCUT2D eigenvalue weighted by Gasteiger charge is 2.22. The third kappa shape index (κ3) is 40.2. The standard InChI is InChI=1S/C43H71O9P/c1-3-5-7-9-11-12-13-14-15-16-17-18-19-20-21-22-24-28-33-37-43(46)52-41(39-51-53(47,48)49)38-50-42(45)36-32-29-25-27-31-35-40(44)34-30-26-23-10-8-6-4-2/h11-12,14-15,17-18,20-21,23,26,30,34,41H,3-10,13,16,19,22,24-25,27-29,31-33,35-39H2,1-2H3,(H2,47,48,49)/b12-11-,15-14-,18-17-,21-20-,26-23-,34-30+/t41-/m1/s1. The molecule has 0 aliphatic heterocycles. The molecule has 0 aliphatic carbocycles. The van der Waals surface area contributed by atoms with Crippen LogP contribution in [-0.2, 0) is 32.9 Å². The lowest BCUT2D eigenvalue weighted by molar-refractivity contribution is -0.161. The van der Waals surface area contributed by atoms with Gasteiger partial charge in [-0.3, -0.25) is 18.9 Å². The summed E-state index contributed by atoms with van der Waals surface area (Å²) in [4.78, 5) is 54.7. The molecule has 0 bridgehead atoms. The SMILES string of the molecule is CCCCC/C=C\C=C\C(=O)CCCCCCCC(=O)OC[C@H](COP(=O)(O)O)OC(=O)CCCCC/C=C\C/C=C\C/C=C\C/C=C\CCCCC. The van der Waals surface area contributed by atoms with E-state index in [1.165, 1.54) is 44.9 Å². The Morgan fingerprint density at radius 3 is 1.58 bits per heavy atom. The summed E-state index contributed by atoms with van der Waals surface area (Å²) in [5.41, 5.74) is 0. The van der Waals surface area contributed by atoms with Crippen molar-refractivity contribution in [2.45, 2.75) is 168 Å². The van der Waals surface area contributed by atoms with Crippen LogP contribution in [-0.4, -0.2) is 46.8 Å². The Hall–Kier alpha value is -2.84. The zero-order valence-electron chi connectivity index (χ0n) is 32.9. The fourth-order valence-corrected chi connectivity index (χ4v) is 5.46. The predicted molar refractivity (Wildman–Crippen MR) is 216 cm³/mol. The number of carbonyl (C=O) groups is 3. The Morgan fingerprint density at radius 1 is 0.547 bits per heavy atom. The van der Waals surface area contributed by atoms with E-state index in [2.05, 4.69) is 73.1 Å². The third-order valence-corrected chi connectivity index (χ3v) is 8.66. The van der Waals surface area contributed by atoms with Crippen molar-refractivity contribution in [1.82, 2.24) is 0 Å². The van der Waals surface area contributed by atoms with E-state index in [-0.39, 0.29) is 25.2 Å². The predicted octanol–water partition coefficient (Wildman–Crippen LogP) is 11.5. The second-order valence-electron chi connectivity index (χ2n) is 13.3. The maximum atomic E-state index is 12.4. The van der Waals surface area contributed by atoms with Crippen molar-refractivity contribution in [3.8, 4) is 0 Å². The molecule has 0 aliphatic rings. The summed E-state index contributed by atoms with van der Waals surface area (Å²) >= 11 is 0. The highest BCUT2D eigenvalue weighted by molar-refractivity contribution is 7.46. The number of phosphoric ester groups is 1. The van der Waals surface area contributed by atoms with Crippen molar-refractivity contribution in [1.29, 1.82) is 0 Å². The second kappa shape index (κ2) is 37.5. The Balaban J connectivity index is 4.11. The van der Waals surface area contributed by atoms with Gasteiger partial charge in [0.2, 0.25) is 0 Å². The van der Waals surface area contributed by atoms with Crippen molar-refractivity contribution >= 4 is 25.5 Å². The Morgan fingerprint density at radius 2 is 1.02 bits per heavy atom. The largest absolute Gasteiger partial charge is 0.469 e. The average molecular weight is 763 g/mol.